The second-order valence-corrected chi connectivity index (χ2v) is 7.10. The summed E-state index contributed by atoms with van der Waals surface area (Å²) in [5, 5.41) is 3.63. The fraction of sp³-hybridized carbons (Fsp3) is 0.250. The number of nitrogens with zero attached hydrogens (tertiary/aromatic N) is 2. The van der Waals surface area contributed by atoms with Gasteiger partial charge in [-0.3, -0.25) is 4.79 Å². The van der Waals surface area contributed by atoms with E-state index in [1.165, 1.54) is 11.8 Å². The summed E-state index contributed by atoms with van der Waals surface area (Å²) in [5.74, 6) is 2.21. The number of carbonyl (C=O) groups excluding carboxylic acids is 1. The van der Waals surface area contributed by atoms with Gasteiger partial charge in [-0.25, -0.2) is 9.97 Å². The molecule has 0 fully saturated rings. The van der Waals surface area contributed by atoms with Gasteiger partial charge in [0, 0.05) is 0 Å². The second-order valence-electron chi connectivity index (χ2n) is 6.30. The Morgan fingerprint density at radius 3 is 2.79 bits per heavy atom. The van der Waals surface area contributed by atoms with Crippen LogP contribution >= 0.6 is 11.8 Å². The van der Waals surface area contributed by atoms with Crippen LogP contribution in [0.25, 0.3) is 11.6 Å². The van der Waals surface area contributed by atoms with Gasteiger partial charge in [-0.1, -0.05) is 6.07 Å². The average Bonchev–Trinajstić information content (AvgIpc) is 3.38. The van der Waals surface area contributed by atoms with Crippen molar-refractivity contribution in [2.45, 2.75) is 24.9 Å². The zero-order valence-corrected chi connectivity index (χ0v) is 16.5. The van der Waals surface area contributed by atoms with Crippen LogP contribution in [0.4, 0.5) is 0 Å². The molecule has 0 aliphatic carbocycles. The summed E-state index contributed by atoms with van der Waals surface area (Å²) in [6.45, 7) is 3.94. The first kappa shape index (κ1) is 18.4. The topological polar surface area (TPSA) is 86.5 Å². The van der Waals surface area contributed by atoms with Gasteiger partial charge in [0.05, 0.1) is 23.6 Å². The van der Waals surface area contributed by atoms with E-state index in [1.54, 1.807) is 25.3 Å². The summed E-state index contributed by atoms with van der Waals surface area (Å²) in [6.07, 6.45) is 3.45. The maximum Gasteiger partial charge on any atom is 0.256 e. The van der Waals surface area contributed by atoms with Crippen molar-refractivity contribution in [2.24, 2.45) is 0 Å². The molecule has 0 bridgehead atoms. The summed E-state index contributed by atoms with van der Waals surface area (Å²) in [5.41, 5.74) is 1.99. The van der Waals surface area contributed by atoms with Crippen molar-refractivity contribution in [3.63, 3.8) is 0 Å². The molecular weight excluding hydrogens is 378 g/mol. The monoisotopic (exact) mass is 397 g/mol. The van der Waals surface area contributed by atoms with E-state index < -0.39 is 0 Å². The molecule has 2 aromatic heterocycles. The summed E-state index contributed by atoms with van der Waals surface area (Å²) >= 11 is 1.40. The van der Waals surface area contributed by atoms with E-state index in [4.69, 9.17) is 13.9 Å². The lowest BCUT2D eigenvalue weighted by Crippen LogP contribution is -2.28. The van der Waals surface area contributed by atoms with Crippen LogP contribution in [0.2, 0.25) is 0 Å². The lowest BCUT2D eigenvalue weighted by molar-refractivity contribution is 0.0935. The van der Waals surface area contributed by atoms with E-state index in [0.29, 0.717) is 39.4 Å². The molecule has 0 saturated carbocycles. The van der Waals surface area contributed by atoms with Crippen LogP contribution in [-0.2, 0) is 0 Å². The molecule has 8 heteroatoms. The molecule has 1 N–H and O–H groups in total. The van der Waals surface area contributed by atoms with Gasteiger partial charge in [0.15, 0.2) is 23.1 Å². The molecule has 4 rings (SSSR count). The Labute approximate surface area is 166 Å². The molecule has 1 aliphatic heterocycles. The predicted molar refractivity (Wildman–Crippen MR) is 105 cm³/mol. The summed E-state index contributed by atoms with van der Waals surface area (Å²) < 4.78 is 16.1. The molecule has 1 unspecified atom stereocenters. The first-order chi connectivity index (χ1) is 13.6. The van der Waals surface area contributed by atoms with Gasteiger partial charge in [-0.15, -0.1) is 11.8 Å². The number of nitrogens with one attached hydrogen (secondary N) is 1. The lowest BCUT2D eigenvalue weighted by atomic mass is 10.1. The molecule has 1 atom stereocenters. The zero-order valence-electron chi connectivity index (χ0n) is 15.7. The van der Waals surface area contributed by atoms with Crippen molar-refractivity contribution < 1.29 is 18.7 Å². The summed E-state index contributed by atoms with van der Waals surface area (Å²) in [6, 6.07) is 8.99. The number of furan rings is 1. The van der Waals surface area contributed by atoms with Crippen LogP contribution in [0.5, 0.6) is 11.5 Å². The molecule has 28 heavy (non-hydrogen) atoms. The Morgan fingerprint density at radius 2 is 2.04 bits per heavy atom. The van der Waals surface area contributed by atoms with Crippen LogP contribution in [0.15, 0.2) is 46.0 Å². The Kier molecular flexibility index (Phi) is 4.95. The van der Waals surface area contributed by atoms with E-state index >= 15 is 0 Å². The SMILES string of the molecule is CSc1nc(-c2ccco2)nc(C)c1C(=O)NC(C)c1ccc2c(c1)OCO2. The molecule has 1 aromatic carbocycles. The minimum atomic E-state index is -0.224. The molecule has 3 aromatic rings. The second kappa shape index (κ2) is 7.55. The van der Waals surface area contributed by atoms with E-state index in [2.05, 4.69) is 15.3 Å². The van der Waals surface area contributed by atoms with E-state index in [1.807, 2.05) is 31.4 Å². The number of fused-ring (bicyclic) bond motifs is 1. The van der Waals surface area contributed by atoms with Gasteiger partial charge in [0.1, 0.15) is 5.03 Å². The number of amides is 1. The number of hydrogen-bond donors (Lipinski definition) is 1. The lowest BCUT2D eigenvalue weighted by Gasteiger charge is -2.17. The molecule has 0 spiro atoms. The first-order valence-corrected chi connectivity index (χ1v) is 9.96. The van der Waals surface area contributed by atoms with Crippen molar-refractivity contribution >= 4 is 17.7 Å². The Bertz CT molecular complexity index is 1020. The quantitative estimate of drug-likeness (QED) is 0.515. The molecule has 1 aliphatic rings. The molecule has 0 radical (unpaired) electrons. The number of benzene rings is 1. The summed E-state index contributed by atoms with van der Waals surface area (Å²) in [4.78, 5) is 21.9. The minimum Gasteiger partial charge on any atom is -0.461 e. The highest BCUT2D eigenvalue weighted by Gasteiger charge is 2.22. The predicted octanol–water partition coefficient (Wildman–Crippen LogP) is 3.99. The van der Waals surface area contributed by atoms with E-state index in [-0.39, 0.29) is 18.7 Å². The average molecular weight is 397 g/mol. The number of aromatic nitrogens is 2. The molecular formula is C20H19N3O4S. The van der Waals surface area contributed by atoms with Crippen molar-refractivity contribution in [1.82, 2.24) is 15.3 Å². The Balaban J connectivity index is 1.59. The van der Waals surface area contributed by atoms with Crippen LogP contribution in [-0.4, -0.2) is 28.9 Å². The van der Waals surface area contributed by atoms with Crippen LogP contribution in [0, 0.1) is 6.92 Å². The van der Waals surface area contributed by atoms with Gasteiger partial charge < -0.3 is 19.2 Å². The number of aryl methyl sites for hydroxylation is 1. The number of thioether (sulfide) groups is 1. The molecule has 3 heterocycles. The van der Waals surface area contributed by atoms with Gasteiger partial charge in [-0.05, 0) is 49.9 Å². The van der Waals surface area contributed by atoms with Crippen LogP contribution in [0.3, 0.4) is 0 Å². The van der Waals surface area contributed by atoms with Gasteiger partial charge in [0.25, 0.3) is 5.91 Å². The molecule has 0 saturated heterocycles. The maximum atomic E-state index is 13.0. The Hall–Kier alpha value is -3.00. The third-order valence-electron chi connectivity index (χ3n) is 4.46. The van der Waals surface area contributed by atoms with Crippen molar-refractivity contribution in [3.05, 3.63) is 53.4 Å². The number of hydrogen-bond acceptors (Lipinski definition) is 7. The highest BCUT2D eigenvalue weighted by Crippen LogP contribution is 2.34. The summed E-state index contributed by atoms with van der Waals surface area (Å²) in [7, 11) is 0. The van der Waals surface area contributed by atoms with Gasteiger partial charge in [-0.2, -0.15) is 0 Å². The fourth-order valence-corrected chi connectivity index (χ4v) is 3.63. The maximum absolute atomic E-state index is 13.0. The smallest absolute Gasteiger partial charge is 0.256 e. The van der Waals surface area contributed by atoms with Crippen molar-refractivity contribution in [1.29, 1.82) is 0 Å². The highest BCUT2D eigenvalue weighted by atomic mass is 32.2. The number of carbonyl (C=O) groups is 1. The molecule has 144 valence electrons. The van der Waals surface area contributed by atoms with Gasteiger partial charge >= 0.3 is 0 Å². The third kappa shape index (κ3) is 3.43. The Morgan fingerprint density at radius 1 is 1.21 bits per heavy atom. The number of ether oxygens (including phenoxy) is 2. The third-order valence-corrected chi connectivity index (χ3v) is 5.15. The highest BCUT2D eigenvalue weighted by molar-refractivity contribution is 7.98. The molecule has 1 amide bonds. The minimum absolute atomic E-state index is 0.217. The number of rotatable bonds is 5. The zero-order chi connectivity index (χ0) is 19.7. The molecule has 7 nitrogen and oxygen atoms in total. The van der Waals surface area contributed by atoms with Gasteiger partial charge in [0.2, 0.25) is 6.79 Å². The van der Waals surface area contributed by atoms with Crippen LogP contribution in [0.1, 0.15) is 34.6 Å². The van der Waals surface area contributed by atoms with Crippen molar-refractivity contribution in [3.8, 4) is 23.1 Å². The standard InChI is InChI=1S/C20H19N3O4S/c1-11(13-6-7-14-16(9-13)27-10-26-14)22-19(24)17-12(2)21-18(23-20(17)28-3)15-5-4-8-25-15/h4-9,11H,10H2,1-3H3,(H,22,24). The van der Waals surface area contributed by atoms with Crippen molar-refractivity contribution in [2.75, 3.05) is 13.0 Å². The van der Waals surface area contributed by atoms with Crippen LogP contribution < -0.4 is 14.8 Å². The fourth-order valence-electron chi connectivity index (χ4n) is 3.01. The normalized spacial score (nSPS) is 13.4. The first-order valence-electron chi connectivity index (χ1n) is 8.73. The largest absolute Gasteiger partial charge is 0.461 e. The van der Waals surface area contributed by atoms with E-state index in [9.17, 15) is 4.79 Å². The van der Waals surface area contributed by atoms with E-state index in [0.717, 1.165) is 5.56 Å².